The first-order valence-electron chi connectivity index (χ1n) is 10.1. The number of rotatable bonds is 15. The van der Waals surface area contributed by atoms with Crippen LogP contribution >= 0.6 is 0 Å². The van der Waals surface area contributed by atoms with Crippen molar-refractivity contribution in [3.8, 4) is 0 Å². The van der Waals surface area contributed by atoms with Gasteiger partial charge >= 0.3 is 12.1 Å². The Labute approximate surface area is 152 Å². The van der Waals surface area contributed by atoms with Gasteiger partial charge < -0.3 is 5.32 Å². The summed E-state index contributed by atoms with van der Waals surface area (Å²) in [5.41, 5.74) is -0.759. The van der Waals surface area contributed by atoms with Gasteiger partial charge in [0.1, 0.15) is 0 Å². The summed E-state index contributed by atoms with van der Waals surface area (Å²) >= 11 is 0. The van der Waals surface area contributed by atoms with Crippen LogP contribution in [-0.4, -0.2) is 17.6 Å². The molecule has 0 spiro atoms. The van der Waals surface area contributed by atoms with E-state index in [1.54, 1.807) is 6.92 Å². The average Bonchev–Trinajstić information content (AvgIpc) is 2.55. The van der Waals surface area contributed by atoms with E-state index in [0.29, 0.717) is 12.8 Å². The first-order valence-corrected chi connectivity index (χ1v) is 10.1. The molecule has 0 fully saturated rings. The minimum Gasteiger partial charge on any atom is -0.343 e. The topological polar surface area (TPSA) is 29.1 Å². The van der Waals surface area contributed by atoms with Crippen molar-refractivity contribution in [1.82, 2.24) is 5.32 Å². The second-order valence-electron chi connectivity index (χ2n) is 7.51. The molecule has 0 aliphatic rings. The third-order valence-corrected chi connectivity index (χ3v) is 5.04. The lowest BCUT2D eigenvalue weighted by Crippen LogP contribution is -2.50. The van der Waals surface area contributed by atoms with E-state index in [4.69, 9.17) is 0 Å². The first kappa shape index (κ1) is 24.3. The summed E-state index contributed by atoms with van der Waals surface area (Å²) in [5, 5.41) is 2.16. The van der Waals surface area contributed by atoms with Crippen molar-refractivity contribution >= 4 is 5.91 Å². The van der Waals surface area contributed by atoms with Crippen LogP contribution in [0.15, 0.2) is 0 Å². The number of carbonyl (C=O) groups excluding carboxylic acids is 1. The van der Waals surface area contributed by atoms with Crippen molar-refractivity contribution in [2.45, 2.75) is 122 Å². The summed E-state index contributed by atoms with van der Waals surface area (Å²) in [7, 11) is 0. The lowest BCUT2D eigenvalue weighted by molar-refractivity contribution is -0.175. The van der Waals surface area contributed by atoms with E-state index in [2.05, 4.69) is 12.2 Å². The van der Waals surface area contributed by atoms with Gasteiger partial charge in [-0.3, -0.25) is 4.79 Å². The van der Waals surface area contributed by atoms with Gasteiger partial charge in [-0.2, -0.15) is 13.2 Å². The standard InChI is InChI=1S/C20H38F3NO/c1-4-6-7-8-9-10-11-12-13-14-15-16-17-19(3,5-2)24-18(25)20(21,22)23/h4-17H2,1-3H3,(H,24,25). The maximum absolute atomic E-state index is 12.4. The van der Waals surface area contributed by atoms with E-state index in [9.17, 15) is 18.0 Å². The fourth-order valence-electron chi connectivity index (χ4n) is 3.03. The summed E-state index contributed by atoms with van der Waals surface area (Å²) < 4.78 is 37.1. The molecule has 150 valence electrons. The molecule has 0 bridgehead atoms. The Balaban J connectivity index is 3.66. The molecule has 1 amide bonds. The van der Waals surface area contributed by atoms with E-state index >= 15 is 0 Å². The number of amides is 1. The van der Waals surface area contributed by atoms with Crippen molar-refractivity contribution in [2.75, 3.05) is 0 Å². The first-order chi connectivity index (χ1) is 11.7. The highest BCUT2D eigenvalue weighted by atomic mass is 19.4. The van der Waals surface area contributed by atoms with Crippen molar-refractivity contribution < 1.29 is 18.0 Å². The molecule has 1 unspecified atom stereocenters. The molecule has 0 aromatic carbocycles. The maximum atomic E-state index is 12.4. The Morgan fingerprint density at radius 2 is 1.16 bits per heavy atom. The van der Waals surface area contributed by atoms with Gasteiger partial charge in [0.2, 0.25) is 0 Å². The fourth-order valence-corrected chi connectivity index (χ4v) is 3.03. The number of alkyl halides is 3. The lowest BCUT2D eigenvalue weighted by atomic mass is 9.91. The van der Waals surface area contributed by atoms with Crippen molar-refractivity contribution in [2.24, 2.45) is 0 Å². The number of halogens is 3. The molecule has 1 N–H and O–H groups in total. The zero-order chi connectivity index (χ0) is 19.2. The lowest BCUT2D eigenvalue weighted by Gasteiger charge is -2.30. The summed E-state index contributed by atoms with van der Waals surface area (Å²) in [4.78, 5) is 11.1. The van der Waals surface area contributed by atoms with Crippen LogP contribution in [0.4, 0.5) is 13.2 Å². The number of carbonyl (C=O) groups is 1. The molecule has 0 aromatic rings. The predicted octanol–water partition coefficient (Wildman–Crippen LogP) is 6.92. The molecule has 0 heterocycles. The molecule has 0 rings (SSSR count). The number of unbranched alkanes of at least 4 members (excludes halogenated alkanes) is 11. The van der Waals surface area contributed by atoms with E-state index in [1.165, 1.54) is 57.8 Å². The highest BCUT2D eigenvalue weighted by Crippen LogP contribution is 2.23. The number of nitrogens with one attached hydrogen (secondary N) is 1. The van der Waals surface area contributed by atoms with E-state index in [-0.39, 0.29) is 0 Å². The van der Waals surface area contributed by atoms with Gasteiger partial charge in [-0.15, -0.1) is 0 Å². The van der Waals surface area contributed by atoms with Crippen LogP contribution in [0.5, 0.6) is 0 Å². The Hall–Kier alpha value is -0.740. The van der Waals surface area contributed by atoms with Gasteiger partial charge in [-0.25, -0.2) is 0 Å². The minimum absolute atomic E-state index is 0.507. The molecule has 0 saturated heterocycles. The van der Waals surface area contributed by atoms with Gasteiger partial charge in [0.15, 0.2) is 0 Å². The van der Waals surface area contributed by atoms with Crippen LogP contribution in [0.3, 0.4) is 0 Å². The highest BCUT2D eigenvalue weighted by Gasteiger charge is 2.41. The zero-order valence-corrected chi connectivity index (χ0v) is 16.4. The van der Waals surface area contributed by atoms with Gasteiger partial charge in [0.05, 0.1) is 0 Å². The summed E-state index contributed by atoms with van der Waals surface area (Å²) in [6.45, 7) is 5.75. The monoisotopic (exact) mass is 365 g/mol. The van der Waals surface area contributed by atoms with Crippen LogP contribution in [0, 0.1) is 0 Å². The Kier molecular flexibility index (Phi) is 13.1. The normalized spacial score (nSPS) is 14.3. The van der Waals surface area contributed by atoms with E-state index in [0.717, 1.165) is 19.3 Å². The molecule has 0 aliphatic heterocycles. The summed E-state index contributed by atoms with van der Waals surface area (Å²) in [5.74, 6) is -1.82. The van der Waals surface area contributed by atoms with Crippen LogP contribution in [0.1, 0.15) is 111 Å². The average molecular weight is 366 g/mol. The molecule has 0 radical (unpaired) electrons. The van der Waals surface area contributed by atoms with E-state index in [1.807, 2.05) is 6.92 Å². The smallest absolute Gasteiger partial charge is 0.343 e. The Morgan fingerprint density at radius 3 is 1.52 bits per heavy atom. The van der Waals surface area contributed by atoms with Gasteiger partial charge in [0.25, 0.3) is 0 Å². The SMILES string of the molecule is CCCCCCCCCCCCCCC(C)(CC)NC(=O)C(F)(F)F. The van der Waals surface area contributed by atoms with Crippen molar-refractivity contribution in [3.63, 3.8) is 0 Å². The Bertz CT molecular complexity index is 344. The van der Waals surface area contributed by atoms with Crippen LogP contribution in [-0.2, 0) is 4.79 Å². The fraction of sp³-hybridized carbons (Fsp3) is 0.950. The minimum atomic E-state index is -4.80. The predicted molar refractivity (Wildman–Crippen MR) is 98.6 cm³/mol. The molecule has 5 heteroatoms. The number of hydrogen-bond donors (Lipinski definition) is 1. The van der Waals surface area contributed by atoms with Gasteiger partial charge in [-0.05, 0) is 19.8 Å². The van der Waals surface area contributed by atoms with Gasteiger partial charge in [-0.1, -0.05) is 90.9 Å². The van der Waals surface area contributed by atoms with Crippen LogP contribution < -0.4 is 5.32 Å². The number of hydrogen-bond acceptors (Lipinski definition) is 1. The molecule has 0 saturated carbocycles. The molecule has 0 aliphatic carbocycles. The molecule has 2 nitrogen and oxygen atoms in total. The van der Waals surface area contributed by atoms with Crippen LogP contribution in [0.25, 0.3) is 0 Å². The molecule has 1 atom stereocenters. The highest BCUT2D eigenvalue weighted by molar-refractivity contribution is 5.82. The largest absolute Gasteiger partial charge is 0.471 e. The summed E-state index contributed by atoms with van der Waals surface area (Å²) in [6.07, 6.45) is 11.1. The molecule has 25 heavy (non-hydrogen) atoms. The van der Waals surface area contributed by atoms with Crippen molar-refractivity contribution in [3.05, 3.63) is 0 Å². The summed E-state index contributed by atoms with van der Waals surface area (Å²) in [6, 6.07) is 0. The molecular weight excluding hydrogens is 327 g/mol. The van der Waals surface area contributed by atoms with E-state index < -0.39 is 17.6 Å². The zero-order valence-electron chi connectivity index (χ0n) is 16.4. The molecular formula is C20H38F3NO. The second kappa shape index (κ2) is 13.5. The Morgan fingerprint density at radius 1 is 0.760 bits per heavy atom. The maximum Gasteiger partial charge on any atom is 0.471 e. The van der Waals surface area contributed by atoms with Gasteiger partial charge in [0, 0.05) is 5.54 Å². The molecule has 0 aromatic heterocycles. The van der Waals surface area contributed by atoms with Crippen molar-refractivity contribution in [1.29, 1.82) is 0 Å². The third-order valence-electron chi connectivity index (χ3n) is 5.04. The quantitative estimate of drug-likeness (QED) is 0.313. The second-order valence-corrected chi connectivity index (χ2v) is 7.51. The third kappa shape index (κ3) is 13.2. The van der Waals surface area contributed by atoms with Crippen LogP contribution in [0.2, 0.25) is 0 Å².